The predicted molar refractivity (Wildman–Crippen MR) is 69.5 cm³/mol. The number of unbranched alkanes of at least 4 members (excludes halogenated alkanes) is 1. The molecule has 1 amide bonds. The van der Waals surface area contributed by atoms with Crippen molar-refractivity contribution >= 4 is 5.91 Å². The third-order valence-electron chi connectivity index (χ3n) is 4.31. The van der Waals surface area contributed by atoms with Gasteiger partial charge in [-0.3, -0.25) is 4.79 Å². The van der Waals surface area contributed by atoms with Crippen LogP contribution in [0.15, 0.2) is 0 Å². The summed E-state index contributed by atoms with van der Waals surface area (Å²) in [7, 11) is 0. The van der Waals surface area contributed by atoms with E-state index in [0.717, 1.165) is 32.1 Å². The van der Waals surface area contributed by atoms with Crippen LogP contribution >= 0.6 is 0 Å². The molecule has 2 rings (SSSR count). The van der Waals surface area contributed by atoms with Gasteiger partial charge in [-0.2, -0.15) is 0 Å². The first-order valence-electron chi connectivity index (χ1n) is 7.26. The Hall–Kier alpha value is -0.570. The van der Waals surface area contributed by atoms with Gasteiger partial charge >= 0.3 is 0 Å². The van der Waals surface area contributed by atoms with Crippen LogP contribution in [-0.2, 0) is 4.79 Å². The molecule has 0 aromatic heterocycles. The molecule has 0 unspecified atom stereocenters. The summed E-state index contributed by atoms with van der Waals surface area (Å²) in [5.41, 5.74) is 5.86. The summed E-state index contributed by atoms with van der Waals surface area (Å²) in [5, 5.41) is 3.21. The van der Waals surface area contributed by atoms with Gasteiger partial charge in [-0.25, -0.2) is 0 Å². The first-order valence-corrected chi connectivity index (χ1v) is 7.26. The lowest BCUT2D eigenvalue weighted by atomic mass is 9.91. The van der Waals surface area contributed by atoms with Crippen molar-refractivity contribution in [3.63, 3.8) is 0 Å². The van der Waals surface area contributed by atoms with Crippen molar-refractivity contribution in [2.45, 2.75) is 70.4 Å². The second-order valence-corrected chi connectivity index (χ2v) is 5.86. The molecule has 0 aromatic rings. The van der Waals surface area contributed by atoms with E-state index in [-0.39, 0.29) is 0 Å². The molecule has 3 N–H and O–H groups in total. The van der Waals surface area contributed by atoms with Crippen molar-refractivity contribution < 1.29 is 4.79 Å². The lowest BCUT2D eigenvalue weighted by Gasteiger charge is -2.26. The lowest BCUT2D eigenvalue weighted by molar-refractivity contribution is -0.123. The number of nitrogens with two attached hydrogens (primary N) is 1. The average Bonchev–Trinajstić information content (AvgIpc) is 3.09. The molecule has 2 saturated carbocycles. The fourth-order valence-electron chi connectivity index (χ4n) is 2.93. The summed E-state index contributed by atoms with van der Waals surface area (Å²) < 4.78 is 0. The van der Waals surface area contributed by atoms with E-state index < -0.39 is 0 Å². The monoisotopic (exact) mass is 238 g/mol. The third-order valence-corrected chi connectivity index (χ3v) is 4.31. The molecule has 0 spiro atoms. The van der Waals surface area contributed by atoms with Gasteiger partial charge in [-0.15, -0.1) is 0 Å². The average molecular weight is 238 g/mol. The number of hydrogen-bond acceptors (Lipinski definition) is 2. The van der Waals surface area contributed by atoms with Gasteiger partial charge in [0.15, 0.2) is 0 Å². The van der Waals surface area contributed by atoms with Crippen LogP contribution in [0.4, 0.5) is 0 Å². The van der Waals surface area contributed by atoms with E-state index >= 15 is 0 Å². The zero-order valence-electron chi connectivity index (χ0n) is 11.0. The van der Waals surface area contributed by atoms with Gasteiger partial charge < -0.3 is 11.1 Å². The Morgan fingerprint density at radius 3 is 2.65 bits per heavy atom. The molecule has 0 aromatic carbocycles. The van der Waals surface area contributed by atoms with Crippen molar-refractivity contribution in [3.8, 4) is 0 Å². The molecule has 2 aliphatic rings. The van der Waals surface area contributed by atoms with Crippen LogP contribution < -0.4 is 11.1 Å². The van der Waals surface area contributed by atoms with Gasteiger partial charge in [0.05, 0.1) is 0 Å². The van der Waals surface area contributed by atoms with Crippen LogP contribution in [0.1, 0.15) is 58.3 Å². The van der Waals surface area contributed by atoms with E-state index in [1.807, 2.05) is 0 Å². The van der Waals surface area contributed by atoms with Gasteiger partial charge in [0, 0.05) is 18.0 Å². The Labute approximate surface area is 105 Å². The molecule has 98 valence electrons. The van der Waals surface area contributed by atoms with Crippen molar-refractivity contribution in [1.29, 1.82) is 0 Å². The molecule has 17 heavy (non-hydrogen) atoms. The smallest absolute Gasteiger partial charge is 0.223 e. The number of carbonyl (C=O) groups is 1. The minimum absolute atomic E-state index is 0.312. The fourth-order valence-corrected chi connectivity index (χ4v) is 2.93. The highest BCUT2D eigenvalue weighted by atomic mass is 16.2. The maximum absolute atomic E-state index is 12.0. The minimum atomic E-state index is 0.312. The zero-order chi connectivity index (χ0) is 12.3. The fraction of sp³-hybridized carbons (Fsp3) is 0.929. The number of carbonyl (C=O) groups excluding carboxylic acids is 1. The Morgan fingerprint density at radius 1 is 1.29 bits per heavy atom. The quantitative estimate of drug-likeness (QED) is 0.771. The summed E-state index contributed by atoms with van der Waals surface area (Å²) >= 11 is 0. The second kappa shape index (κ2) is 5.85. The highest BCUT2D eigenvalue weighted by molar-refractivity contribution is 5.81. The van der Waals surface area contributed by atoms with E-state index in [2.05, 4.69) is 12.2 Å². The largest absolute Gasteiger partial charge is 0.353 e. The number of hydrogen-bond donors (Lipinski definition) is 2. The van der Waals surface area contributed by atoms with E-state index in [0.29, 0.717) is 29.8 Å². The van der Waals surface area contributed by atoms with Crippen LogP contribution in [0.3, 0.4) is 0 Å². The molecule has 0 saturated heterocycles. The van der Waals surface area contributed by atoms with Gasteiger partial charge in [-0.05, 0) is 44.4 Å². The molecular weight excluding hydrogens is 212 g/mol. The molecule has 2 aliphatic carbocycles. The van der Waals surface area contributed by atoms with E-state index in [1.165, 1.54) is 19.3 Å². The van der Waals surface area contributed by atoms with Crippen LogP contribution in [0, 0.1) is 11.8 Å². The first kappa shape index (κ1) is 12.9. The highest BCUT2D eigenvalue weighted by Gasteiger charge is 2.42. The highest BCUT2D eigenvalue weighted by Crippen LogP contribution is 2.42. The summed E-state index contributed by atoms with van der Waals surface area (Å²) in [5.74, 6) is 1.32. The molecule has 2 fully saturated rings. The summed E-state index contributed by atoms with van der Waals surface area (Å²) in [6.45, 7) is 2.21. The van der Waals surface area contributed by atoms with E-state index in [1.54, 1.807) is 0 Å². The summed E-state index contributed by atoms with van der Waals surface area (Å²) in [4.78, 5) is 12.0. The normalized spacial score (nSPS) is 36.6. The van der Waals surface area contributed by atoms with Crippen molar-refractivity contribution in [2.75, 3.05) is 0 Å². The standard InChI is InChI=1S/C14H26N2O/c1-2-3-4-10-9-13(10)14(17)16-12-7-5-11(15)6-8-12/h10-13H,2-9,15H2,1H3,(H,16,17)/t10-,11?,12?,13-/m1/s1. The number of rotatable bonds is 5. The van der Waals surface area contributed by atoms with Crippen LogP contribution in [-0.4, -0.2) is 18.0 Å². The third kappa shape index (κ3) is 3.70. The topological polar surface area (TPSA) is 55.1 Å². The lowest BCUT2D eigenvalue weighted by Crippen LogP contribution is -2.41. The van der Waals surface area contributed by atoms with Crippen molar-refractivity contribution in [2.24, 2.45) is 17.6 Å². The van der Waals surface area contributed by atoms with E-state index in [9.17, 15) is 4.79 Å². The van der Waals surface area contributed by atoms with Gasteiger partial charge in [-0.1, -0.05) is 19.8 Å². The van der Waals surface area contributed by atoms with E-state index in [4.69, 9.17) is 5.73 Å². The molecule has 0 radical (unpaired) electrons. The maximum atomic E-state index is 12.0. The summed E-state index contributed by atoms with van der Waals surface area (Å²) in [6.07, 6.45) is 9.14. The van der Waals surface area contributed by atoms with Gasteiger partial charge in [0.25, 0.3) is 0 Å². The Kier molecular flexibility index (Phi) is 4.43. The Morgan fingerprint density at radius 2 is 2.00 bits per heavy atom. The van der Waals surface area contributed by atoms with Gasteiger partial charge in [0.2, 0.25) is 5.91 Å². The van der Waals surface area contributed by atoms with Gasteiger partial charge in [0.1, 0.15) is 0 Å². The molecular formula is C14H26N2O. The predicted octanol–water partition coefficient (Wildman–Crippen LogP) is 2.20. The number of amides is 1. The zero-order valence-corrected chi connectivity index (χ0v) is 11.0. The SMILES string of the molecule is CCCC[C@@H]1C[C@H]1C(=O)NC1CCC(N)CC1. The number of nitrogens with one attached hydrogen (secondary N) is 1. The van der Waals surface area contributed by atoms with Crippen LogP contribution in [0.5, 0.6) is 0 Å². The molecule has 2 atom stereocenters. The minimum Gasteiger partial charge on any atom is -0.353 e. The Balaban J connectivity index is 1.65. The second-order valence-electron chi connectivity index (χ2n) is 5.86. The molecule has 0 bridgehead atoms. The first-order chi connectivity index (χ1) is 8.20. The molecule has 0 heterocycles. The molecule has 3 nitrogen and oxygen atoms in total. The maximum Gasteiger partial charge on any atom is 0.223 e. The van der Waals surface area contributed by atoms with Crippen LogP contribution in [0.2, 0.25) is 0 Å². The van der Waals surface area contributed by atoms with Crippen LogP contribution in [0.25, 0.3) is 0 Å². The summed E-state index contributed by atoms with van der Waals surface area (Å²) in [6, 6.07) is 0.760. The van der Waals surface area contributed by atoms with Crippen molar-refractivity contribution in [1.82, 2.24) is 5.32 Å². The molecule has 3 heteroatoms. The Bertz CT molecular complexity index is 259. The molecule has 0 aliphatic heterocycles. The van der Waals surface area contributed by atoms with Crippen molar-refractivity contribution in [3.05, 3.63) is 0 Å².